The molecule has 0 unspecified atom stereocenters. The molecule has 0 spiro atoms. The molecule has 0 atom stereocenters. The molecule has 2 amide bonds. The fourth-order valence-electron chi connectivity index (χ4n) is 3.60. The molecule has 7 nitrogen and oxygen atoms in total. The standard InChI is InChI=1S/C22H32N2O5/c1-22(2,3)29-21(28)23-13-12-19(25)24-18-10-8-17(9-11-18)16-6-4-15(5-7-16)14-20(26)27/h8-11,15-16H,4-7,12-14H2,1-3H3,(H,23,28)(H,24,25)(H,26,27). The molecule has 3 N–H and O–H groups in total. The number of carbonyl (C=O) groups excluding carboxylic acids is 2. The number of ether oxygens (including phenoxy) is 1. The van der Waals surface area contributed by atoms with Crippen LogP contribution in [0.15, 0.2) is 24.3 Å². The molecular formula is C22H32N2O5. The van der Waals surface area contributed by atoms with E-state index in [0.717, 1.165) is 31.4 Å². The molecule has 0 aliphatic heterocycles. The number of anilines is 1. The summed E-state index contributed by atoms with van der Waals surface area (Å²) in [6, 6.07) is 7.82. The smallest absolute Gasteiger partial charge is 0.407 e. The summed E-state index contributed by atoms with van der Waals surface area (Å²) >= 11 is 0. The molecule has 1 fully saturated rings. The monoisotopic (exact) mass is 404 g/mol. The average Bonchev–Trinajstić information content (AvgIpc) is 2.61. The fourth-order valence-corrected chi connectivity index (χ4v) is 3.60. The Kier molecular flexibility index (Phi) is 8.05. The number of rotatable bonds is 7. The molecule has 0 aromatic heterocycles. The largest absolute Gasteiger partial charge is 0.481 e. The highest BCUT2D eigenvalue weighted by Crippen LogP contribution is 2.37. The van der Waals surface area contributed by atoms with Crippen LogP contribution in [0.5, 0.6) is 0 Å². The van der Waals surface area contributed by atoms with Crippen LogP contribution >= 0.6 is 0 Å². The summed E-state index contributed by atoms with van der Waals surface area (Å²) < 4.78 is 5.12. The molecule has 1 saturated carbocycles. The van der Waals surface area contributed by atoms with E-state index in [9.17, 15) is 14.4 Å². The van der Waals surface area contributed by atoms with Crippen LogP contribution < -0.4 is 10.6 Å². The Labute approximate surface area is 172 Å². The molecular weight excluding hydrogens is 372 g/mol. The third-order valence-corrected chi connectivity index (χ3v) is 5.00. The van der Waals surface area contributed by atoms with Crippen molar-refractivity contribution in [3.63, 3.8) is 0 Å². The quantitative estimate of drug-likeness (QED) is 0.629. The van der Waals surface area contributed by atoms with Crippen LogP contribution in [0.2, 0.25) is 0 Å². The highest BCUT2D eigenvalue weighted by Gasteiger charge is 2.24. The molecule has 7 heteroatoms. The van der Waals surface area contributed by atoms with Gasteiger partial charge in [0.15, 0.2) is 0 Å². The lowest BCUT2D eigenvalue weighted by molar-refractivity contribution is -0.138. The number of hydrogen-bond acceptors (Lipinski definition) is 4. The van der Waals surface area contributed by atoms with Gasteiger partial charge in [0.25, 0.3) is 0 Å². The number of amides is 2. The van der Waals surface area contributed by atoms with Crippen molar-refractivity contribution in [2.45, 2.75) is 70.8 Å². The third-order valence-electron chi connectivity index (χ3n) is 5.00. The van der Waals surface area contributed by atoms with Gasteiger partial charge in [0.2, 0.25) is 5.91 Å². The molecule has 1 aliphatic rings. The van der Waals surface area contributed by atoms with E-state index in [-0.39, 0.29) is 31.2 Å². The SMILES string of the molecule is CC(C)(C)OC(=O)NCCC(=O)Nc1ccc(C2CCC(CC(=O)O)CC2)cc1. The lowest BCUT2D eigenvalue weighted by Crippen LogP contribution is -2.34. The zero-order chi connectivity index (χ0) is 21.4. The summed E-state index contributed by atoms with van der Waals surface area (Å²) in [5.74, 6) is -0.155. The molecule has 160 valence electrons. The Morgan fingerprint density at radius 2 is 1.69 bits per heavy atom. The van der Waals surface area contributed by atoms with E-state index in [1.54, 1.807) is 20.8 Å². The van der Waals surface area contributed by atoms with Crippen molar-refractivity contribution in [1.29, 1.82) is 0 Å². The van der Waals surface area contributed by atoms with Crippen LogP contribution in [0.25, 0.3) is 0 Å². The highest BCUT2D eigenvalue weighted by atomic mass is 16.6. The van der Waals surface area contributed by atoms with E-state index in [0.29, 0.717) is 5.92 Å². The Morgan fingerprint density at radius 1 is 1.07 bits per heavy atom. The second-order valence-electron chi connectivity index (χ2n) is 8.66. The van der Waals surface area contributed by atoms with Gasteiger partial charge in [0.05, 0.1) is 0 Å². The summed E-state index contributed by atoms with van der Waals surface area (Å²) in [4.78, 5) is 34.4. The van der Waals surface area contributed by atoms with Crippen molar-refractivity contribution in [1.82, 2.24) is 5.32 Å². The van der Waals surface area contributed by atoms with Crippen LogP contribution in [-0.4, -0.2) is 35.2 Å². The number of carboxylic acids is 1. The van der Waals surface area contributed by atoms with Gasteiger partial charge >= 0.3 is 12.1 Å². The van der Waals surface area contributed by atoms with E-state index in [4.69, 9.17) is 9.84 Å². The first kappa shape index (κ1) is 22.7. The minimum absolute atomic E-state index is 0.161. The maximum atomic E-state index is 12.0. The van der Waals surface area contributed by atoms with E-state index in [1.807, 2.05) is 24.3 Å². The predicted molar refractivity (Wildman–Crippen MR) is 111 cm³/mol. The summed E-state index contributed by atoms with van der Waals surface area (Å²) in [5.41, 5.74) is 1.38. The van der Waals surface area contributed by atoms with Crippen LogP contribution in [0.3, 0.4) is 0 Å². The van der Waals surface area contributed by atoms with Gasteiger partial charge in [0.1, 0.15) is 5.60 Å². The van der Waals surface area contributed by atoms with Gasteiger partial charge in [-0.3, -0.25) is 9.59 Å². The first-order valence-electron chi connectivity index (χ1n) is 10.2. The fraction of sp³-hybridized carbons (Fsp3) is 0.591. The molecule has 1 aromatic carbocycles. The van der Waals surface area contributed by atoms with Crippen LogP contribution in [0.4, 0.5) is 10.5 Å². The maximum Gasteiger partial charge on any atom is 0.407 e. The molecule has 0 heterocycles. The second-order valence-corrected chi connectivity index (χ2v) is 8.66. The zero-order valence-corrected chi connectivity index (χ0v) is 17.5. The summed E-state index contributed by atoms with van der Waals surface area (Å²) in [6.45, 7) is 5.55. The van der Waals surface area contributed by atoms with Crippen molar-refractivity contribution in [3.05, 3.63) is 29.8 Å². The molecule has 0 bridgehead atoms. The van der Waals surface area contributed by atoms with Crippen molar-refractivity contribution in [3.8, 4) is 0 Å². The normalized spacial score (nSPS) is 19.3. The minimum atomic E-state index is -0.713. The van der Waals surface area contributed by atoms with Gasteiger partial charge in [-0.2, -0.15) is 0 Å². The number of aliphatic carboxylic acids is 1. The average molecular weight is 405 g/mol. The Balaban J connectivity index is 1.73. The zero-order valence-electron chi connectivity index (χ0n) is 17.5. The van der Waals surface area contributed by atoms with E-state index in [1.165, 1.54) is 5.56 Å². The van der Waals surface area contributed by atoms with Gasteiger partial charge in [-0.25, -0.2) is 4.79 Å². The predicted octanol–water partition coefficient (Wildman–Crippen LogP) is 4.29. The first-order valence-corrected chi connectivity index (χ1v) is 10.2. The topological polar surface area (TPSA) is 105 Å². The highest BCUT2D eigenvalue weighted by molar-refractivity contribution is 5.91. The Morgan fingerprint density at radius 3 is 2.24 bits per heavy atom. The summed E-state index contributed by atoms with van der Waals surface area (Å²) in [5, 5.41) is 14.3. The van der Waals surface area contributed by atoms with Crippen LogP contribution in [-0.2, 0) is 14.3 Å². The third kappa shape index (κ3) is 8.54. The molecule has 1 aliphatic carbocycles. The van der Waals surface area contributed by atoms with Gasteiger partial charge in [-0.05, 0) is 76.0 Å². The molecule has 1 aromatic rings. The Hall–Kier alpha value is -2.57. The van der Waals surface area contributed by atoms with Gasteiger partial charge in [-0.15, -0.1) is 0 Å². The number of benzene rings is 1. The maximum absolute atomic E-state index is 12.0. The first-order chi connectivity index (χ1) is 13.6. The van der Waals surface area contributed by atoms with Crippen LogP contribution in [0, 0.1) is 5.92 Å². The summed E-state index contributed by atoms with van der Waals surface area (Å²) in [7, 11) is 0. The molecule has 29 heavy (non-hydrogen) atoms. The van der Waals surface area contributed by atoms with Gasteiger partial charge < -0.3 is 20.5 Å². The van der Waals surface area contributed by atoms with Crippen molar-refractivity contribution < 1.29 is 24.2 Å². The minimum Gasteiger partial charge on any atom is -0.481 e. The van der Waals surface area contributed by atoms with E-state index in [2.05, 4.69) is 10.6 Å². The van der Waals surface area contributed by atoms with Gasteiger partial charge in [0, 0.05) is 25.1 Å². The second kappa shape index (κ2) is 10.3. The van der Waals surface area contributed by atoms with Crippen molar-refractivity contribution >= 4 is 23.7 Å². The van der Waals surface area contributed by atoms with E-state index < -0.39 is 17.7 Å². The summed E-state index contributed by atoms with van der Waals surface area (Å²) in [6.07, 6.45) is 3.78. The lowest BCUT2D eigenvalue weighted by Gasteiger charge is -2.28. The van der Waals surface area contributed by atoms with Gasteiger partial charge in [-0.1, -0.05) is 12.1 Å². The van der Waals surface area contributed by atoms with E-state index >= 15 is 0 Å². The molecule has 2 rings (SSSR count). The number of alkyl carbamates (subject to hydrolysis) is 1. The molecule has 0 saturated heterocycles. The molecule has 0 radical (unpaired) electrons. The Bertz CT molecular complexity index is 701. The number of carboxylic acid groups (broad SMARTS) is 1. The van der Waals surface area contributed by atoms with Crippen molar-refractivity contribution in [2.24, 2.45) is 5.92 Å². The van der Waals surface area contributed by atoms with Crippen LogP contribution in [0.1, 0.15) is 70.8 Å². The lowest BCUT2D eigenvalue weighted by atomic mass is 9.77. The number of carbonyl (C=O) groups is 3. The number of nitrogens with one attached hydrogen (secondary N) is 2. The van der Waals surface area contributed by atoms with Crippen molar-refractivity contribution in [2.75, 3.05) is 11.9 Å². The number of hydrogen-bond donors (Lipinski definition) is 3.